The van der Waals surface area contributed by atoms with Crippen LogP contribution in [0.4, 0.5) is 11.4 Å². The van der Waals surface area contributed by atoms with Crippen molar-refractivity contribution in [2.45, 2.75) is 5.03 Å². The molecule has 1 aromatic carbocycles. The van der Waals surface area contributed by atoms with Crippen molar-refractivity contribution in [1.82, 2.24) is 4.98 Å². The Morgan fingerprint density at radius 1 is 1.19 bits per heavy atom. The van der Waals surface area contributed by atoms with Crippen LogP contribution in [0.15, 0.2) is 35.5 Å². The van der Waals surface area contributed by atoms with Gasteiger partial charge in [0.1, 0.15) is 0 Å². The molecule has 0 fully saturated rings. The first-order valence-corrected chi connectivity index (χ1v) is 7.86. The maximum Gasteiger partial charge on any atom is 0.234 e. The monoisotopic (exact) mass is 361 g/mol. The summed E-state index contributed by atoms with van der Waals surface area (Å²) in [5.74, 6) is -0.0352. The van der Waals surface area contributed by atoms with Gasteiger partial charge in [0.15, 0.2) is 0 Å². The molecule has 110 valence electrons. The van der Waals surface area contributed by atoms with Gasteiger partial charge in [-0.2, -0.15) is 0 Å². The van der Waals surface area contributed by atoms with Crippen LogP contribution in [0.3, 0.4) is 0 Å². The highest BCUT2D eigenvalue weighted by atomic mass is 35.5. The highest BCUT2D eigenvalue weighted by molar-refractivity contribution is 7.99. The number of nitrogens with zero attached hydrogens (tertiary/aromatic N) is 1. The topological polar surface area (TPSA) is 68.0 Å². The average Bonchev–Trinajstić information content (AvgIpc) is 2.44. The van der Waals surface area contributed by atoms with Crippen molar-refractivity contribution in [3.8, 4) is 0 Å². The van der Waals surface area contributed by atoms with Crippen molar-refractivity contribution in [2.24, 2.45) is 0 Å². The maximum atomic E-state index is 11.9. The number of hydrogen-bond donors (Lipinski definition) is 2. The quantitative estimate of drug-likeness (QED) is 0.626. The lowest BCUT2D eigenvalue weighted by Crippen LogP contribution is -2.14. The summed E-state index contributed by atoms with van der Waals surface area (Å²) >= 11 is 19.0. The van der Waals surface area contributed by atoms with Gasteiger partial charge in [0.05, 0.1) is 43.4 Å². The Morgan fingerprint density at radius 3 is 2.57 bits per heavy atom. The molecule has 0 radical (unpaired) electrons. The second-order valence-electron chi connectivity index (χ2n) is 4.01. The van der Waals surface area contributed by atoms with Crippen LogP contribution >= 0.6 is 46.6 Å². The minimum Gasteiger partial charge on any atom is -0.397 e. The number of hydrogen-bond acceptors (Lipinski definition) is 4. The molecule has 1 aromatic heterocycles. The summed E-state index contributed by atoms with van der Waals surface area (Å²) in [4.78, 5) is 16.0. The smallest absolute Gasteiger partial charge is 0.234 e. The summed E-state index contributed by atoms with van der Waals surface area (Å²) in [6.45, 7) is 0. The summed E-state index contributed by atoms with van der Waals surface area (Å²) in [5.41, 5.74) is 6.53. The molecule has 0 saturated carbocycles. The third kappa shape index (κ3) is 4.68. The third-order valence-electron chi connectivity index (χ3n) is 2.39. The maximum absolute atomic E-state index is 11.9. The van der Waals surface area contributed by atoms with Crippen LogP contribution in [0.5, 0.6) is 0 Å². The van der Waals surface area contributed by atoms with Crippen LogP contribution in [-0.4, -0.2) is 16.6 Å². The molecule has 21 heavy (non-hydrogen) atoms. The minimum absolute atomic E-state index is 0.188. The molecule has 0 spiro atoms. The SMILES string of the molecule is Nc1ccc(SCC(=O)Nc2cc(Cl)c(Cl)cc2Cl)nc1. The number of nitrogens with one attached hydrogen (secondary N) is 1. The standard InChI is InChI=1S/C13H10Cl3N3OS/c14-8-3-10(16)11(4-9(8)15)19-12(20)6-21-13-2-1-7(17)5-18-13/h1-5H,6,17H2,(H,19,20). The molecule has 0 saturated heterocycles. The zero-order chi connectivity index (χ0) is 15.4. The highest BCUT2D eigenvalue weighted by Gasteiger charge is 2.10. The summed E-state index contributed by atoms with van der Waals surface area (Å²) in [5, 5.41) is 4.36. The van der Waals surface area contributed by atoms with E-state index in [-0.39, 0.29) is 11.7 Å². The first-order valence-electron chi connectivity index (χ1n) is 5.74. The van der Waals surface area contributed by atoms with Crippen molar-refractivity contribution in [3.63, 3.8) is 0 Å². The van der Waals surface area contributed by atoms with Crippen LogP contribution in [0, 0.1) is 0 Å². The molecule has 0 atom stereocenters. The number of nitrogens with two attached hydrogens (primary N) is 1. The fraction of sp³-hybridized carbons (Fsp3) is 0.0769. The zero-order valence-electron chi connectivity index (χ0n) is 10.6. The van der Waals surface area contributed by atoms with E-state index in [9.17, 15) is 4.79 Å². The van der Waals surface area contributed by atoms with Crippen LogP contribution in [0.1, 0.15) is 0 Å². The summed E-state index contributed by atoms with van der Waals surface area (Å²) < 4.78 is 0. The van der Waals surface area contributed by atoms with Crippen molar-refractivity contribution in [1.29, 1.82) is 0 Å². The lowest BCUT2D eigenvalue weighted by Gasteiger charge is -2.08. The number of nitrogen functional groups attached to an aromatic ring is 1. The number of carbonyl (C=O) groups is 1. The molecule has 3 N–H and O–H groups in total. The number of pyridine rings is 1. The second-order valence-corrected chi connectivity index (χ2v) is 6.23. The molecule has 8 heteroatoms. The Balaban J connectivity index is 1.96. The van der Waals surface area contributed by atoms with Gasteiger partial charge in [-0.3, -0.25) is 4.79 Å². The highest BCUT2D eigenvalue weighted by Crippen LogP contribution is 2.32. The number of halogens is 3. The zero-order valence-corrected chi connectivity index (χ0v) is 13.7. The van der Waals surface area contributed by atoms with Crippen molar-refractivity contribution >= 4 is 63.8 Å². The van der Waals surface area contributed by atoms with Gasteiger partial charge in [-0.15, -0.1) is 0 Å². The van der Waals surface area contributed by atoms with Crippen LogP contribution < -0.4 is 11.1 Å². The van der Waals surface area contributed by atoms with Crippen molar-refractivity contribution in [2.75, 3.05) is 16.8 Å². The Morgan fingerprint density at radius 2 is 1.90 bits per heavy atom. The van der Waals surface area contributed by atoms with E-state index in [0.717, 1.165) is 0 Å². The number of rotatable bonds is 4. The molecular weight excluding hydrogens is 353 g/mol. The molecule has 0 aliphatic rings. The van der Waals surface area contributed by atoms with Gasteiger partial charge in [0, 0.05) is 0 Å². The summed E-state index contributed by atoms with van der Waals surface area (Å²) in [6, 6.07) is 6.47. The first-order chi connectivity index (χ1) is 9.95. The van der Waals surface area contributed by atoms with E-state index >= 15 is 0 Å². The second kappa shape index (κ2) is 7.22. The average molecular weight is 363 g/mol. The van der Waals surface area contributed by atoms with Crippen molar-refractivity contribution < 1.29 is 4.79 Å². The number of carbonyl (C=O) groups excluding carboxylic acids is 1. The van der Waals surface area contributed by atoms with E-state index in [1.54, 1.807) is 12.1 Å². The van der Waals surface area contributed by atoms with Gasteiger partial charge >= 0.3 is 0 Å². The van der Waals surface area contributed by atoms with E-state index in [1.807, 2.05) is 0 Å². The fourth-order valence-electron chi connectivity index (χ4n) is 1.42. The van der Waals surface area contributed by atoms with Gasteiger partial charge in [-0.05, 0) is 24.3 Å². The first kappa shape index (κ1) is 16.2. The molecule has 0 aliphatic heterocycles. The van der Waals surface area contributed by atoms with Gasteiger partial charge in [0.2, 0.25) is 5.91 Å². The molecule has 2 rings (SSSR count). The predicted octanol–water partition coefficient (Wildman–Crippen LogP) is 4.35. The number of aromatic nitrogens is 1. The number of anilines is 2. The normalized spacial score (nSPS) is 10.4. The molecule has 4 nitrogen and oxygen atoms in total. The van der Waals surface area contributed by atoms with Gasteiger partial charge < -0.3 is 11.1 Å². The minimum atomic E-state index is -0.223. The largest absolute Gasteiger partial charge is 0.397 e. The molecule has 0 aliphatic carbocycles. The van der Waals surface area contributed by atoms with Crippen LogP contribution in [-0.2, 0) is 4.79 Å². The molecule has 0 unspecified atom stereocenters. The van der Waals surface area contributed by atoms with Crippen molar-refractivity contribution in [3.05, 3.63) is 45.5 Å². The Hall–Kier alpha value is -1.14. The molecule has 1 amide bonds. The van der Waals surface area contributed by atoms with Gasteiger partial charge in [-0.25, -0.2) is 4.98 Å². The van der Waals surface area contributed by atoms with E-state index < -0.39 is 0 Å². The van der Waals surface area contributed by atoms with E-state index in [1.165, 1.54) is 30.1 Å². The number of benzene rings is 1. The molecule has 1 heterocycles. The number of thioether (sulfide) groups is 1. The number of amides is 1. The molecule has 2 aromatic rings. The van der Waals surface area contributed by atoms with Crippen LogP contribution in [0.25, 0.3) is 0 Å². The van der Waals surface area contributed by atoms with Crippen LogP contribution in [0.2, 0.25) is 15.1 Å². The predicted molar refractivity (Wildman–Crippen MR) is 89.5 cm³/mol. The summed E-state index contributed by atoms with van der Waals surface area (Å²) in [6.07, 6.45) is 1.54. The molecular formula is C13H10Cl3N3OS. The lowest BCUT2D eigenvalue weighted by molar-refractivity contribution is -0.113. The lowest BCUT2D eigenvalue weighted by atomic mass is 10.3. The van der Waals surface area contributed by atoms with E-state index in [2.05, 4.69) is 10.3 Å². The van der Waals surface area contributed by atoms with E-state index in [0.29, 0.717) is 31.5 Å². The summed E-state index contributed by atoms with van der Waals surface area (Å²) in [7, 11) is 0. The Bertz CT molecular complexity index is 664. The Labute approximate surface area is 141 Å². The molecule has 0 bridgehead atoms. The third-order valence-corrected chi connectivity index (χ3v) is 4.37. The van der Waals surface area contributed by atoms with Gasteiger partial charge in [-0.1, -0.05) is 46.6 Å². The van der Waals surface area contributed by atoms with E-state index in [4.69, 9.17) is 40.5 Å². The van der Waals surface area contributed by atoms with Gasteiger partial charge in [0.25, 0.3) is 0 Å². The fourth-order valence-corrected chi connectivity index (χ4v) is 2.66. The Kier molecular flexibility index (Phi) is 5.58.